The molecular weight excluding hydrogens is 943 g/mol. The van der Waals surface area contributed by atoms with Crippen LogP contribution in [0.15, 0.2) is 53.9 Å². The molecule has 6 N–H and O–H groups in total. The van der Waals surface area contributed by atoms with Gasteiger partial charge in [0.05, 0.1) is 25.1 Å². The summed E-state index contributed by atoms with van der Waals surface area (Å²) in [6.45, 7) is 10.2. The van der Waals surface area contributed by atoms with Crippen LogP contribution in [0.3, 0.4) is 0 Å². The van der Waals surface area contributed by atoms with Crippen LogP contribution in [0, 0.1) is 20.0 Å². The molecule has 0 aliphatic carbocycles. The van der Waals surface area contributed by atoms with Gasteiger partial charge in [0.15, 0.2) is 0 Å². The Balaban J connectivity index is 0. The average molecular weight is 977 g/mol. The van der Waals surface area contributed by atoms with Gasteiger partial charge >= 0.3 is 57.8 Å². The van der Waals surface area contributed by atoms with Gasteiger partial charge in [-0.2, -0.15) is 5.90 Å². The second kappa shape index (κ2) is 29.8. The van der Waals surface area contributed by atoms with Crippen LogP contribution >= 0.6 is 12.0 Å². The van der Waals surface area contributed by atoms with E-state index in [1.165, 1.54) is 33.9 Å². The molecule has 301 valence electrons. The van der Waals surface area contributed by atoms with Crippen molar-refractivity contribution in [3.8, 4) is 0 Å². The van der Waals surface area contributed by atoms with Gasteiger partial charge in [0.1, 0.15) is 50.9 Å². The molecule has 2 heterocycles. The topological polar surface area (TPSA) is 333 Å². The Hall–Kier alpha value is -5.47. The van der Waals surface area contributed by atoms with Crippen molar-refractivity contribution < 1.29 is 92.9 Å². The number of carboxylic acid groups (broad SMARTS) is 4. The van der Waals surface area contributed by atoms with Gasteiger partial charge in [0.2, 0.25) is 11.8 Å². The van der Waals surface area contributed by atoms with Crippen molar-refractivity contribution in [1.29, 1.82) is 0 Å². The first-order chi connectivity index (χ1) is 26.3. The third kappa shape index (κ3) is 20.3. The summed E-state index contributed by atoms with van der Waals surface area (Å²) in [7, 11) is 0. The summed E-state index contributed by atoms with van der Waals surface area (Å²) >= 11 is 0.916. The van der Waals surface area contributed by atoms with Crippen LogP contribution in [0.1, 0.15) is 17.2 Å². The molecule has 0 aliphatic rings. The summed E-state index contributed by atoms with van der Waals surface area (Å²) in [4.78, 5) is 87.5. The Morgan fingerprint density at radius 2 is 1.07 bits per heavy atom. The van der Waals surface area contributed by atoms with Crippen LogP contribution in [0.5, 0.6) is 0 Å². The number of amides is 2. The number of benzene rings is 1. The van der Waals surface area contributed by atoms with Crippen LogP contribution in [0.2, 0.25) is 0 Å². The minimum atomic E-state index is -1.37. The van der Waals surface area contributed by atoms with Crippen molar-refractivity contribution in [2.24, 2.45) is 5.90 Å². The standard InChI is InChI=1S/C28H34N8O12S.3CO.Re/c29-47-48-49-20-3-1-19(2-4-20)5-8-32(11-21-30-6-9-33(21)13-23(37)35(15-25(39)40)16-26(41)42)12-22-31-7-10-34(22)14-24(38)36(17-27(43)44)18-28(45)46;3*1-2;/h1-4,6-7,9-10H,5,8,11-18,29H2,(H,39,40)(H,41,42)(H,43,44)(H,45,46);;;;. The molecular formula is C31H34N8O15ReS. The second-order valence-electron chi connectivity index (χ2n) is 10.4. The van der Waals surface area contributed by atoms with E-state index in [1.807, 2.05) is 17.0 Å². The third-order valence-electron chi connectivity index (χ3n) is 6.76. The number of rotatable bonds is 22. The number of hydrogen-bond acceptors (Lipinski definition) is 13. The molecule has 2 aromatic heterocycles. The Labute approximate surface area is 335 Å². The first kappa shape index (κ1) is 52.6. The molecule has 0 saturated carbocycles. The molecule has 1 radical (unpaired) electrons. The molecule has 0 atom stereocenters. The number of hydrogen-bond donors (Lipinski definition) is 5. The summed E-state index contributed by atoms with van der Waals surface area (Å²) < 4.78 is 30.1. The summed E-state index contributed by atoms with van der Waals surface area (Å²) in [5.74, 6) is -1.35. The second-order valence-corrected chi connectivity index (χ2v) is 11.1. The van der Waals surface area contributed by atoms with Crippen molar-refractivity contribution in [3.05, 3.63) is 86.2 Å². The van der Waals surface area contributed by atoms with E-state index in [1.54, 1.807) is 12.1 Å². The van der Waals surface area contributed by atoms with Gasteiger partial charge in [-0.15, -0.1) is 9.32 Å². The van der Waals surface area contributed by atoms with Crippen molar-refractivity contribution in [3.63, 3.8) is 0 Å². The molecule has 0 saturated heterocycles. The average Bonchev–Trinajstić information content (AvgIpc) is 3.79. The smallest absolute Gasteiger partial charge is 0 e. The van der Waals surface area contributed by atoms with Gasteiger partial charge < -0.3 is 39.4 Å². The zero-order valence-corrected chi connectivity index (χ0v) is 32.5. The maximum atomic E-state index is 12.9. The quantitative estimate of drug-likeness (QED) is 0.0266. The van der Waals surface area contributed by atoms with E-state index in [4.69, 9.17) is 40.3 Å². The zero-order chi connectivity index (χ0) is 41.9. The predicted molar refractivity (Wildman–Crippen MR) is 176 cm³/mol. The van der Waals surface area contributed by atoms with Gasteiger partial charge in [0, 0.05) is 56.7 Å². The van der Waals surface area contributed by atoms with E-state index >= 15 is 0 Å². The van der Waals surface area contributed by atoms with Crippen molar-refractivity contribution >= 4 is 47.7 Å². The minimum Gasteiger partial charge on any atom is 0 e. The first-order valence-corrected chi connectivity index (χ1v) is 15.6. The number of nitrogens with two attached hydrogens (primary N) is 1. The number of aliphatic carboxylic acids is 4. The molecule has 0 unspecified atom stereocenters. The van der Waals surface area contributed by atoms with E-state index in [9.17, 15) is 28.8 Å². The van der Waals surface area contributed by atoms with E-state index in [0.717, 1.165) is 22.5 Å². The third-order valence-corrected chi connectivity index (χ3v) is 7.38. The van der Waals surface area contributed by atoms with Crippen molar-refractivity contribution in [2.75, 3.05) is 32.7 Å². The van der Waals surface area contributed by atoms with E-state index in [-0.39, 0.29) is 46.6 Å². The van der Waals surface area contributed by atoms with E-state index < -0.39 is 61.9 Å². The van der Waals surface area contributed by atoms with Crippen molar-refractivity contribution in [2.45, 2.75) is 37.5 Å². The maximum Gasteiger partial charge on any atom is 0 e. The Bertz CT molecular complexity index is 1630. The summed E-state index contributed by atoms with van der Waals surface area (Å²) in [6.07, 6.45) is 6.36. The van der Waals surface area contributed by atoms with E-state index in [0.29, 0.717) is 34.4 Å². The van der Waals surface area contributed by atoms with Gasteiger partial charge in [-0.3, -0.25) is 33.7 Å². The monoisotopic (exact) mass is 977 g/mol. The van der Waals surface area contributed by atoms with E-state index in [2.05, 4.69) is 39.2 Å². The van der Waals surface area contributed by atoms with Crippen LogP contribution in [0.4, 0.5) is 0 Å². The molecule has 56 heavy (non-hydrogen) atoms. The number of carbonyl (C=O) groups is 6. The van der Waals surface area contributed by atoms with Gasteiger partial charge in [0.25, 0.3) is 0 Å². The number of nitrogens with zero attached hydrogens (tertiary/aromatic N) is 7. The number of carboxylic acids is 4. The number of aromatic nitrogens is 4. The van der Waals surface area contributed by atoms with Crippen LogP contribution in [0.25, 0.3) is 0 Å². The van der Waals surface area contributed by atoms with Gasteiger partial charge in [-0.25, -0.2) is 9.97 Å². The number of carbonyl (C=O) groups excluding carboxylic acids is 2. The van der Waals surface area contributed by atoms with Gasteiger partial charge in [-0.1, -0.05) is 12.1 Å². The SMILES string of the molecule is NOOSc1ccc(CCN(Cc2nccn2CC(=O)N(CC(=O)O)CC(=O)O)Cc2nccn2CC(=O)N(CC(=O)O)CC(=O)O)cc1.[C-]#[O+].[C-]#[O+].[C-]#[O+].[Re]. The summed E-state index contributed by atoms with van der Waals surface area (Å²) in [6, 6.07) is 7.30. The Morgan fingerprint density at radius 1 is 0.696 bits per heavy atom. The molecule has 0 fully saturated rings. The normalized spacial score (nSPS) is 9.71. The molecule has 0 aliphatic heterocycles. The first-order valence-electron chi connectivity index (χ1n) is 14.9. The molecule has 1 aromatic carbocycles. The summed E-state index contributed by atoms with van der Waals surface area (Å²) in [5, 5.41) is 36.6. The van der Waals surface area contributed by atoms with Gasteiger partial charge in [-0.05, 0) is 24.1 Å². The fourth-order valence-electron chi connectivity index (χ4n) is 4.55. The number of imidazole rings is 2. The van der Waals surface area contributed by atoms with Crippen LogP contribution in [-0.4, -0.2) is 123 Å². The molecule has 23 nitrogen and oxygen atoms in total. The maximum absolute atomic E-state index is 12.9. The Morgan fingerprint density at radius 3 is 1.41 bits per heavy atom. The minimum absolute atomic E-state index is 0. The molecule has 0 bridgehead atoms. The molecule has 3 aromatic rings. The molecule has 25 heteroatoms. The Kier molecular flexibility index (Phi) is 28.0. The fourth-order valence-corrected chi connectivity index (χ4v) is 4.92. The zero-order valence-electron chi connectivity index (χ0n) is 29.0. The van der Waals surface area contributed by atoms with Crippen LogP contribution in [-0.2, 0) is 105 Å². The largest absolute Gasteiger partial charge is 0 e. The fraction of sp³-hybridized carbons (Fsp3) is 0.323. The molecule has 3 rings (SSSR count). The van der Waals surface area contributed by atoms with Crippen LogP contribution < -0.4 is 5.90 Å². The molecule has 0 spiro atoms. The van der Waals surface area contributed by atoms with Crippen molar-refractivity contribution in [1.82, 2.24) is 33.8 Å². The predicted octanol–water partition coefficient (Wildman–Crippen LogP) is -0.966. The summed E-state index contributed by atoms with van der Waals surface area (Å²) in [5.41, 5.74) is 0.927. The molecule has 2 amide bonds.